The fraction of sp³-hybridized carbons (Fsp3) is 0.697. The molecule has 1 aromatic carbocycles. The molecule has 6 heteroatoms. The molecular formula is C33H52N2O4. The van der Waals surface area contributed by atoms with Crippen LogP contribution in [0.2, 0.25) is 0 Å². The van der Waals surface area contributed by atoms with Crippen LogP contribution in [0.15, 0.2) is 43.0 Å². The molecule has 0 bridgehead atoms. The van der Waals surface area contributed by atoms with Crippen LogP contribution in [0.3, 0.4) is 0 Å². The van der Waals surface area contributed by atoms with Gasteiger partial charge in [0.1, 0.15) is 6.61 Å². The summed E-state index contributed by atoms with van der Waals surface area (Å²) in [5.74, 6) is -3.28. The van der Waals surface area contributed by atoms with Crippen molar-refractivity contribution in [2.24, 2.45) is 23.2 Å². The summed E-state index contributed by atoms with van der Waals surface area (Å²) in [6, 6.07) is 9.44. The van der Waals surface area contributed by atoms with Gasteiger partial charge in [0.05, 0.1) is 0 Å². The van der Waals surface area contributed by atoms with Gasteiger partial charge in [0.25, 0.3) is 0 Å². The normalized spacial score (nSPS) is 24.6. The molecule has 0 aliphatic carbocycles. The van der Waals surface area contributed by atoms with Gasteiger partial charge in [-0.3, -0.25) is 19.4 Å². The van der Waals surface area contributed by atoms with E-state index in [9.17, 15) is 14.7 Å². The summed E-state index contributed by atoms with van der Waals surface area (Å²) in [5, 5.41) is 10.8. The predicted octanol–water partition coefficient (Wildman–Crippen LogP) is 6.40. The molecule has 1 unspecified atom stereocenters. The molecule has 0 spiro atoms. The van der Waals surface area contributed by atoms with Crippen molar-refractivity contribution in [3.8, 4) is 0 Å². The number of hydrogen-bond donors (Lipinski definition) is 1. The number of nitrogens with zero attached hydrogens (tertiary/aromatic N) is 2. The van der Waals surface area contributed by atoms with Gasteiger partial charge in [-0.05, 0) is 113 Å². The molecule has 0 amide bonds. The summed E-state index contributed by atoms with van der Waals surface area (Å²) in [5.41, 5.74) is -0.891. The summed E-state index contributed by atoms with van der Waals surface area (Å²) in [6.07, 6.45) is 4.91. The van der Waals surface area contributed by atoms with Crippen LogP contribution < -0.4 is 0 Å². The smallest absolute Gasteiger partial charge is 0.321 e. The Balaban J connectivity index is 2.18. The highest BCUT2D eigenvalue weighted by atomic mass is 16.5. The molecule has 0 aromatic heterocycles. The van der Waals surface area contributed by atoms with Gasteiger partial charge in [-0.1, -0.05) is 36.4 Å². The van der Waals surface area contributed by atoms with E-state index in [0.717, 1.165) is 31.2 Å². The Morgan fingerprint density at radius 3 is 1.62 bits per heavy atom. The minimum absolute atomic E-state index is 0.0471. The van der Waals surface area contributed by atoms with E-state index < -0.39 is 23.3 Å². The van der Waals surface area contributed by atoms with Crippen LogP contribution in [0, 0.1) is 23.2 Å². The Hall–Kier alpha value is -2.18. The van der Waals surface area contributed by atoms with E-state index in [1.165, 1.54) is 0 Å². The molecule has 6 nitrogen and oxygen atoms in total. The second kappa shape index (κ2) is 10.7. The van der Waals surface area contributed by atoms with Crippen LogP contribution in [0.5, 0.6) is 0 Å². The highest BCUT2D eigenvalue weighted by Gasteiger charge is 2.62. The molecule has 1 aromatic rings. The van der Waals surface area contributed by atoms with E-state index in [0.29, 0.717) is 0 Å². The van der Waals surface area contributed by atoms with Crippen LogP contribution in [-0.4, -0.2) is 63.1 Å². The standard InChI is InChI=1S/C33H52N2O4/c1-12-33(24-18-29(2,3)34(10)30(4,5)19-24,25-20-31(6,7)35(11)32(8,9)21-25)26(27(36)37)28(38)39-22-23-16-14-13-15-17-23/h12-17,24-26H,1,18-22H2,2-11H3,(H,36,37). The third kappa shape index (κ3) is 5.83. The number of carboxylic acid groups (broad SMARTS) is 1. The van der Waals surface area contributed by atoms with Gasteiger partial charge in [-0.25, -0.2) is 0 Å². The van der Waals surface area contributed by atoms with Crippen LogP contribution >= 0.6 is 0 Å². The van der Waals surface area contributed by atoms with Crippen LogP contribution in [0.25, 0.3) is 0 Å². The lowest BCUT2D eigenvalue weighted by atomic mass is 9.49. The van der Waals surface area contributed by atoms with E-state index in [4.69, 9.17) is 4.74 Å². The average Bonchev–Trinajstić information content (AvgIpc) is 2.82. The van der Waals surface area contributed by atoms with Crippen LogP contribution in [0.4, 0.5) is 0 Å². The first kappa shape index (κ1) is 31.3. The van der Waals surface area contributed by atoms with Crippen molar-refractivity contribution in [3.05, 3.63) is 48.6 Å². The monoisotopic (exact) mass is 540 g/mol. The summed E-state index contributed by atoms with van der Waals surface area (Å²) >= 11 is 0. The van der Waals surface area contributed by atoms with E-state index in [2.05, 4.69) is 85.9 Å². The summed E-state index contributed by atoms with van der Waals surface area (Å²) in [4.78, 5) is 32.0. The van der Waals surface area contributed by atoms with E-state index in [1.54, 1.807) is 0 Å². The lowest BCUT2D eigenvalue weighted by Crippen LogP contribution is -2.66. The number of piperidine rings is 2. The van der Waals surface area contributed by atoms with E-state index >= 15 is 0 Å². The number of carboxylic acids is 1. The fourth-order valence-electron chi connectivity index (χ4n) is 8.04. The number of esters is 1. The van der Waals surface area contributed by atoms with E-state index in [1.807, 2.05) is 36.4 Å². The summed E-state index contributed by atoms with van der Waals surface area (Å²) < 4.78 is 5.80. The molecule has 2 aliphatic heterocycles. The highest BCUT2D eigenvalue weighted by Crippen LogP contribution is 2.59. The first-order valence-electron chi connectivity index (χ1n) is 14.4. The number of allylic oxidation sites excluding steroid dienone is 1. The number of rotatable bonds is 8. The molecule has 218 valence electrons. The number of ether oxygens (including phenoxy) is 1. The first-order valence-corrected chi connectivity index (χ1v) is 14.4. The van der Waals surface area contributed by atoms with Crippen molar-refractivity contribution in [2.75, 3.05) is 14.1 Å². The second-order valence-electron chi connectivity index (χ2n) is 14.6. The average molecular weight is 541 g/mol. The molecular weight excluding hydrogens is 488 g/mol. The van der Waals surface area contributed by atoms with Crippen LogP contribution in [0.1, 0.15) is 86.6 Å². The Bertz CT molecular complexity index is 981. The zero-order valence-electron chi connectivity index (χ0n) is 26.0. The molecule has 1 atom stereocenters. The SMILES string of the molecule is C=CC(C1CC(C)(C)N(C)C(C)(C)C1)(C1CC(C)(C)N(C)C(C)(C)C1)C(C(=O)O)C(=O)OCc1ccccc1. The third-order valence-electron chi connectivity index (χ3n) is 10.6. The molecule has 3 rings (SSSR count). The molecule has 0 radical (unpaired) electrons. The number of likely N-dealkylation sites (tertiary alicyclic amines) is 2. The van der Waals surface area contributed by atoms with Crippen molar-refractivity contribution in [3.63, 3.8) is 0 Å². The van der Waals surface area contributed by atoms with Crippen molar-refractivity contribution in [2.45, 2.75) is 110 Å². The van der Waals surface area contributed by atoms with Gasteiger partial charge in [-0.2, -0.15) is 0 Å². The number of hydrogen-bond acceptors (Lipinski definition) is 5. The Labute approximate surface area is 236 Å². The van der Waals surface area contributed by atoms with Crippen molar-refractivity contribution >= 4 is 11.9 Å². The maximum atomic E-state index is 14.0. The van der Waals surface area contributed by atoms with Crippen molar-refractivity contribution in [1.29, 1.82) is 0 Å². The minimum Gasteiger partial charge on any atom is -0.481 e. The molecule has 2 aliphatic rings. The molecule has 2 saturated heterocycles. The first-order chi connectivity index (χ1) is 17.8. The number of carbonyl (C=O) groups excluding carboxylic acids is 1. The Morgan fingerprint density at radius 2 is 1.28 bits per heavy atom. The topological polar surface area (TPSA) is 70.1 Å². The molecule has 39 heavy (non-hydrogen) atoms. The fourth-order valence-corrected chi connectivity index (χ4v) is 8.04. The van der Waals surface area contributed by atoms with Gasteiger partial charge < -0.3 is 9.84 Å². The molecule has 1 N–H and O–H groups in total. The highest BCUT2D eigenvalue weighted by molar-refractivity contribution is 5.95. The van der Waals surface area contributed by atoms with Gasteiger partial charge in [0, 0.05) is 27.6 Å². The minimum atomic E-state index is -1.35. The van der Waals surface area contributed by atoms with Crippen LogP contribution in [-0.2, 0) is 20.9 Å². The Morgan fingerprint density at radius 1 is 0.897 bits per heavy atom. The quantitative estimate of drug-likeness (QED) is 0.234. The summed E-state index contributed by atoms with van der Waals surface area (Å²) in [6.45, 7) is 22.1. The zero-order chi connectivity index (χ0) is 29.6. The third-order valence-corrected chi connectivity index (χ3v) is 10.6. The maximum Gasteiger partial charge on any atom is 0.321 e. The van der Waals surface area contributed by atoms with Gasteiger partial charge in [0.2, 0.25) is 0 Å². The maximum absolute atomic E-state index is 14.0. The number of aliphatic carboxylic acids is 1. The van der Waals surface area contributed by atoms with Gasteiger partial charge >= 0.3 is 11.9 Å². The number of carbonyl (C=O) groups is 2. The summed E-state index contributed by atoms with van der Waals surface area (Å²) in [7, 11) is 4.30. The van der Waals surface area contributed by atoms with Crippen molar-refractivity contribution < 1.29 is 19.4 Å². The van der Waals surface area contributed by atoms with Crippen molar-refractivity contribution in [1.82, 2.24) is 9.80 Å². The molecule has 0 saturated carbocycles. The zero-order valence-corrected chi connectivity index (χ0v) is 26.0. The lowest BCUT2D eigenvalue weighted by Gasteiger charge is -2.63. The van der Waals surface area contributed by atoms with E-state index in [-0.39, 0.29) is 40.6 Å². The molecule has 2 fully saturated rings. The van der Waals surface area contributed by atoms with Gasteiger partial charge in [0.15, 0.2) is 5.92 Å². The largest absolute Gasteiger partial charge is 0.481 e. The predicted molar refractivity (Wildman–Crippen MR) is 157 cm³/mol. The lowest BCUT2D eigenvalue weighted by molar-refractivity contribution is -0.179. The molecule has 2 heterocycles. The number of benzene rings is 1. The second-order valence-corrected chi connectivity index (χ2v) is 14.6. The van der Waals surface area contributed by atoms with Gasteiger partial charge in [-0.15, -0.1) is 6.58 Å². The Kier molecular flexibility index (Phi) is 8.57.